The average molecular weight is 257 g/mol. The number of aromatic nitrogens is 1. The summed E-state index contributed by atoms with van der Waals surface area (Å²) in [6.45, 7) is 7.06. The largest absolute Gasteiger partial charge is 0.461 e. The van der Waals surface area contributed by atoms with E-state index in [0.29, 0.717) is 18.8 Å². The van der Waals surface area contributed by atoms with Gasteiger partial charge in [0.1, 0.15) is 5.69 Å². The summed E-state index contributed by atoms with van der Waals surface area (Å²) in [5.74, 6) is -0.266. The van der Waals surface area contributed by atoms with Crippen LogP contribution in [0.2, 0.25) is 0 Å². The lowest BCUT2D eigenvalue weighted by Crippen LogP contribution is -2.12. The molecule has 0 aliphatic carbocycles. The summed E-state index contributed by atoms with van der Waals surface area (Å²) in [4.78, 5) is 11.8. The molecule has 0 N–H and O–H groups in total. The number of nitrogens with zero attached hydrogens (tertiary/aromatic N) is 1. The minimum atomic E-state index is -0.266. The van der Waals surface area contributed by atoms with Gasteiger partial charge in [-0.1, -0.05) is 23.8 Å². The van der Waals surface area contributed by atoms with Crippen LogP contribution in [0.15, 0.2) is 36.5 Å². The topological polar surface area (TPSA) is 31.2 Å². The number of esters is 1. The molecular formula is C16H19NO2. The molecule has 2 rings (SSSR count). The molecule has 3 nitrogen and oxygen atoms in total. The van der Waals surface area contributed by atoms with Crippen LogP contribution in [0.25, 0.3) is 0 Å². The molecule has 1 heterocycles. The van der Waals surface area contributed by atoms with Crippen LogP contribution < -0.4 is 0 Å². The van der Waals surface area contributed by atoms with E-state index >= 15 is 0 Å². The zero-order chi connectivity index (χ0) is 13.8. The van der Waals surface area contributed by atoms with Crippen molar-refractivity contribution in [1.82, 2.24) is 4.57 Å². The number of aryl methyl sites for hydroxylation is 2. The summed E-state index contributed by atoms with van der Waals surface area (Å²) in [6.07, 6.45) is 1.91. The van der Waals surface area contributed by atoms with E-state index in [1.165, 1.54) is 16.7 Å². The van der Waals surface area contributed by atoms with Crippen molar-refractivity contribution in [3.63, 3.8) is 0 Å². The molecular weight excluding hydrogens is 238 g/mol. The van der Waals surface area contributed by atoms with Gasteiger partial charge in [-0.25, -0.2) is 4.79 Å². The number of ether oxygens (including phenoxy) is 1. The third kappa shape index (κ3) is 3.05. The van der Waals surface area contributed by atoms with Crippen molar-refractivity contribution >= 4 is 5.97 Å². The predicted molar refractivity (Wildman–Crippen MR) is 75.4 cm³/mol. The van der Waals surface area contributed by atoms with Crippen molar-refractivity contribution in [2.24, 2.45) is 0 Å². The van der Waals surface area contributed by atoms with E-state index in [4.69, 9.17) is 4.74 Å². The van der Waals surface area contributed by atoms with Crippen molar-refractivity contribution in [2.75, 3.05) is 6.61 Å². The van der Waals surface area contributed by atoms with E-state index in [2.05, 4.69) is 32.0 Å². The van der Waals surface area contributed by atoms with Crippen molar-refractivity contribution in [1.29, 1.82) is 0 Å². The van der Waals surface area contributed by atoms with Crippen LogP contribution in [-0.2, 0) is 11.3 Å². The Balaban J connectivity index is 2.26. The molecule has 0 aliphatic heterocycles. The van der Waals surface area contributed by atoms with Gasteiger partial charge in [0.2, 0.25) is 0 Å². The molecule has 0 spiro atoms. The molecule has 0 saturated heterocycles. The molecule has 3 heteroatoms. The molecule has 100 valence electrons. The molecule has 0 saturated carbocycles. The highest BCUT2D eigenvalue weighted by molar-refractivity contribution is 5.87. The average Bonchev–Trinajstić information content (AvgIpc) is 2.82. The van der Waals surface area contributed by atoms with E-state index < -0.39 is 0 Å². The highest BCUT2D eigenvalue weighted by Crippen LogP contribution is 2.14. The van der Waals surface area contributed by atoms with Crippen LogP contribution in [-0.4, -0.2) is 17.1 Å². The number of carbonyl (C=O) groups excluding carboxylic acids is 1. The fourth-order valence-corrected chi connectivity index (χ4v) is 2.10. The lowest BCUT2D eigenvalue weighted by atomic mass is 10.1. The Bertz CT molecular complexity index is 584. The number of hydrogen-bond donors (Lipinski definition) is 0. The van der Waals surface area contributed by atoms with Crippen LogP contribution in [0.4, 0.5) is 0 Å². The van der Waals surface area contributed by atoms with E-state index in [9.17, 15) is 4.79 Å². The van der Waals surface area contributed by atoms with E-state index in [0.717, 1.165) is 0 Å². The number of hydrogen-bond acceptors (Lipinski definition) is 2. The molecule has 0 fully saturated rings. The van der Waals surface area contributed by atoms with Gasteiger partial charge < -0.3 is 9.30 Å². The first-order valence-corrected chi connectivity index (χ1v) is 6.50. The minimum absolute atomic E-state index is 0.266. The maximum atomic E-state index is 11.8. The second kappa shape index (κ2) is 5.74. The summed E-state index contributed by atoms with van der Waals surface area (Å²) in [6, 6.07) is 10.0. The van der Waals surface area contributed by atoms with Crippen molar-refractivity contribution in [2.45, 2.75) is 27.3 Å². The first-order chi connectivity index (χ1) is 9.11. The maximum absolute atomic E-state index is 11.8. The second-order valence-electron chi connectivity index (χ2n) is 4.67. The zero-order valence-electron chi connectivity index (χ0n) is 11.6. The highest BCUT2D eigenvalue weighted by Gasteiger charge is 2.12. The van der Waals surface area contributed by atoms with Gasteiger partial charge in [0.25, 0.3) is 0 Å². The third-order valence-corrected chi connectivity index (χ3v) is 3.16. The van der Waals surface area contributed by atoms with Crippen LogP contribution >= 0.6 is 0 Å². The lowest BCUT2D eigenvalue weighted by Gasteiger charge is -2.11. The first-order valence-electron chi connectivity index (χ1n) is 6.50. The molecule has 0 amide bonds. The standard InChI is InChI=1S/C16H19NO2/c1-4-19-16(18)15-6-5-9-17(15)11-14-10-12(2)7-8-13(14)3/h5-10H,4,11H2,1-3H3. The number of rotatable bonds is 4. The predicted octanol–water partition coefficient (Wildman–Crippen LogP) is 3.33. The van der Waals surface area contributed by atoms with Crippen LogP contribution in [0.3, 0.4) is 0 Å². The normalized spacial score (nSPS) is 10.5. The van der Waals surface area contributed by atoms with E-state index in [1.54, 1.807) is 6.07 Å². The molecule has 0 atom stereocenters. The summed E-state index contributed by atoms with van der Waals surface area (Å²) in [5.41, 5.74) is 4.28. The summed E-state index contributed by atoms with van der Waals surface area (Å²) >= 11 is 0. The van der Waals surface area contributed by atoms with Gasteiger partial charge in [-0.2, -0.15) is 0 Å². The Kier molecular flexibility index (Phi) is 4.05. The molecule has 1 aromatic carbocycles. The summed E-state index contributed by atoms with van der Waals surface area (Å²) in [5, 5.41) is 0. The second-order valence-corrected chi connectivity index (χ2v) is 4.67. The Morgan fingerprint density at radius 2 is 2.05 bits per heavy atom. The first kappa shape index (κ1) is 13.4. The van der Waals surface area contributed by atoms with E-state index in [-0.39, 0.29) is 5.97 Å². The Morgan fingerprint density at radius 1 is 1.26 bits per heavy atom. The molecule has 19 heavy (non-hydrogen) atoms. The Hall–Kier alpha value is -2.03. The van der Waals surface area contributed by atoms with Gasteiger partial charge in [0.15, 0.2) is 0 Å². The molecule has 1 aromatic heterocycles. The van der Waals surface area contributed by atoms with Crippen molar-refractivity contribution < 1.29 is 9.53 Å². The third-order valence-electron chi connectivity index (χ3n) is 3.16. The number of benzene rings is 1. The Labute approximate surface area is 113 Å². The monoisotopic (exact) mass is 257 g/mol. The van der Waals surface area contributed by atoms with Gasteiger partial charge >= 0.3 is 5.97 Å². The van der Waals surface area contributed by atoms with Crippen LogP contribution in [0, 0.1) is 13.8 Å². The SMILES string of the molecule is CCOC(=O)c1cccn1Cc1cc(C)ccc1C. The highest BCUT2D eigenvalue weighted by atomic mass is 16.5. The fourth-order valence-electron chi connectivity index (χ4n) is 2.10. The minimum Gasteiger partial charge on any atom is -0.461 e. The van der Waals surface area contributed by atoms with Gasteiger partial charge in [-0.15, -0.1) is 0 Å². The fraction of sp³-hybridized carbons (Fsp3) is 0.312. The van der Waals surface area contributed by atoms with Gasteiger partial charge in [-0.3, -0.25) is 0 Å². The quantitative estimate of drug-likeness (QED) is 0.787. The van der Waals surface area contributed by atoms with Gasteiger partial charge in [0, 0.05) is 12.7 Å². The molecule has 0 bridgehead atoms. The Morgan fingerprint density at radius 3 is 2.79 bits per heavy atom. The molecule has 0 unspecified atom stereocenters. The molecule has 2 aromatic rings. The van der Waals surface area contributed by atoms with Crippen molar-refractivity contribution in [3.8, 4) is 0 Å². The lowest BCUT2D eigenvalue weighted by molar-refractivity contribution is 0.0514. The molecule has 0 radical (unpaired) electrons. The van der Waals surface area contributed by atoms with Crippen molar-refractivity contribution in [3.05, 3.63) is 58.9 Å². The summed E-state index contributed by atoms with van der Waals surface area (Å²) in [7, 11) is 0. The van der Waals surface area contributed by atoms with Gasteiger partial charge in [0.05, 0.1) is 6.61 Å². The van der Waals surface area contributed by atoms with Crippen LogP contribution in [0.5, 0.6) is 0 Å². The van der Waals surface area contributed by atoms with E-state index in [1.807, 2.05) is 23.8 Å². The summed E-state index contributed by atoms with van der Waals surface area (Å²) < 4.78 is 6.99. The smallest absolute Gasteiger partial charge is 0.354 e. The maximum Gasteiger partial charge on any atom is 0.354 e. The zero-order valence-corrected chi connectivity index (χ0v) is 11.6. The van der Waals surface area contributed by atoms with Gasteiger partial charge in [-0.05, 0) is 44.0 Å². The molecule has 0 aliphatic rings. The number of carbonyl (C=O) groups is 1. The van der Waals surface area contributed by atoms with Crippen LogP contribution in [0.1, 0.15) is 34.1 Å².